The summed E-state index contributed by atoms with van der Waals surface area (Å²) in [4.78, 5) is 12.5. The number of amides is 1. The number of carbonyl (C=O) groups excluding carboxylic acids is 1. The van der Waals surface area contributed by atoms with E-state index in [1.807, 2.05) is 25.1 Å². The fraction of sp³-hybridized carbons (Fsp3) is 0.500. The maximum atomic E-state index is 12.5. The molecule has 1 amide bonds. The molecule has 0 aliphatic rings. The van der Waals surface area contributed by atoms with E-state index in [1.165, 1.54) is 0 Å². The Kier molecular flexibility index (Phi) is 5.47. The van der Waals surface area contributed by atoms with E-state index in [2.05, 4.69) is 36.7 Å². The lowest BCUT2D eigenvalue weighted by Gasteiger charge is -2.13. The van der Waals surface area contributed by atoms with Gasteiger partial charge in [-0.05, 0) is 37.5 Å². The number of benzene rings is 1. The van der Waals surface area contributed by atoms with Crippen LogP contribution in [0.15, 0.2) is 24.3 Å². The Hall–Kier alpha value is -1.97. The first-order valence-electron chi connectivity index (χ1n) is 8.11. The van der Waals surface area contributed by atoms with Gasteiger partial charge in [-0.15, -0.1) is 0 Å². The number of rotatable bonds is 7. The van der Waals surface area contributed by atoms with Gasteiger partial charge in [0.15, 0.2) is 0 Å². The van der Waals surface area contributed by atoms with Gasteiger partial charge in [0.05, 0.1) is 12.1 Å². The molecule has 1 N–H and O–H groups in total. The summed E-state index contributed by atoms with van der Waals surface area (Å²) in [5.41, 5.74) is 1.77. The van der Waals surface area contributed by atoms with E-state index in [0.717, 1.165) is 29.6 Å². The number of nitrogens with one attached hydrogen (secondary N) is 1. The Morgan fingerprint density at radius 2 is 2.09 bits per heavy atom. The lowest BCUT2D eigenvalue weighted by Crippen LogP contribution is -2.27. The first-order valence-corrected chi connectivity index (χ1v) is 8.11. The number of fused-ring (bicyclic) bond motifs is 1. The zero-order valence-corrected chi connectivity index (χ0v) is 14.0. The first-order chi connectivity index (χ1) is 10.6. The number of hydrogen-bond acceptors (Lipinski definition) is 2. The third-order valence-corrected chi connectivity index (χ3v) is 3.52. The standard InChI is InChI=1S/C18H26N2O2/c1-5-10-19-18(21)16-11-14-15(20(16)12-13(3)4)8-7-9-17(14)22-6-2/h7-9,11,13H,5-6,10,12H2,1-4H3,(H,19,21). The first kappa shape index (κ1) is 16.4. The van der Waals surface area contributed by atoms with Crippen molar-refractivity contribution in [3.05, 3.63) is 30.0 Å². The molecule has 0 saturated heterocycles. The maximum Gasteiger partial charge on any atom is 0.267 e. The molecule has 1 heterocycles. The fourth-order valence-electron chi connectivity index (χ4n) is 2.62. The van der Waals surface area contributed by atoms with Crippen molar-refractivity contribution >= 4 is 16.8 Å². The van der Waals surface area contributed by atoms with Crippen molar-refractivity contribution in [3.8, 4) is 5.75 Å². The molecule has 0 aliphatic carbocycles. The summed E-state index contributed by atoms with van der Waals surface area (Å²) < 4.78 is 7.81. The average Bonchev–Trinajstić information content (AvgIpc) is 2.84. The highest BCUT2D eigenvalue weighted by Gasteiger charge is 2.18. The van der Waals surface area contributed by atoms with E-state index >= 15 is 0 Å². The van der Waals surface area contributed by atoms with E-state index in [9.17, 15) is 4.79 Å². The molecule has 0 fully saturated rings. The molecule has 22 heavy (non-hydrogen) atoms. The molecule has 0 bridgehead atoms. The maximum absolute atomic E-state index is 12.5. The van der Waals surface area contributed by atoms with Crippen molar-refractivity contribution in [1.82, 2.24) is 9.88 Å². The van der Waals surface area contributed by atoms with Gasteiger partial charge in [-0.3, -0.25) is 4.79 Å². The molecule has 0 aliphatic heterocycles. The van der Waals surface area contributed by atoms with E-state index < -0.39 is 0 Å². The minimum absolute atomic E-state index is 0.0128. The van der Waals surface area contributed by atoms with E-state index in [4.69, 9.17) is 4.74 Å². The summed E-state index contributed by atoms with van der Waals surface area (Å²) >= 11 is 0. The van der Waals surface area contributed by atoms with Crippen LogP contribution in [0.25, 0.3) is 10.9 Å². The van der Waals surface area contributed by atoms with Crippen molar-refractivity contribution in [2.45, 2.75) is 40.7 Å². The van der Waals surface area contributed by atoms with Crippen molar-refractivity contribution < 1.29 is 9.53 Å². The molecule has 0 unspecified atom stereocenters. The topological polar surface area (TPSA) is 43.3 Å². The van der Waals surface area contributed by atoms with Crippen LogP contribution in [0.4, 0.5) is 0 Å². The van der Waals surface area contributed by atoms with Gasteiger partial charge in [-0.1, -0.05) is 26.8 Å². The normalized spacial score (nSPS) is 11.1. The molecule has 0 saturated carbocycles. The predicted octanol–water partition coefficient (Wildman–Crippen LogP) is 3.84. The molecule has 2 rings (SSSR count). The molecule has 120 valence electrons. The fourth-order valence-corrected chi connectivity index (χ4v) is 2.62. The van der Waals surface area contributed by atoms with E-state index in [-0.39, 0.29) is 5.91 Å². The van der Waals surface area contributed by atoms with Crippen LogP contribution in [-0.4, -0.2) is 23.6 Å². The van der Waals surface area contributed by atoms with Gasteiger partial charge in [0.2, 0.25) is 0 Å². The van der Waals surface area contributed by atoms with Crippen molar-refractivity contribution in [3.63, 3.8) is 0 Å². The van der Waals surface area contributed by atoms with Crippen LogP contribution >= 0.6 is 0 Å². The van der Waals surface area contributed by atoms with Crippen LogP contribution in [0.2, 0.25) is 0 Å². The SMILES string of the molecule is CCCNC(=O)c1cc2c(OCC)cccc2n1CC(C)C. The monoisotopic (exact) mass is 302 g/mol. The van der Waals surface area contributed by atoms with Crippen LogP contribution in [0.3, 0.4) is 0 Å². The van der Waals surface area contributed by atoms with Gasteiger partial charge in [0.1, 0.15) is 11.4 Å². The predicted molar refractivity (Wildman–Crippen MR) is 90.6 cm³/mol. The minimum Gasteiger partial charge on any atom is -0.493 e. The summed E-state index contributed by atoms with van der Waals surface area (Å²) in [5, 5.41) is 3.98. The largest absolute Gasteiger partial charge is 0.493 e. The van der Waals surface area contributed by atoms with E-state index in [1.54, 1.807) is 0 Å². The Balaban J connectivity index is 2.52. The van der Waals surface area contributed by atoms with Gasteiger partial charge in [0, 0.05) is 18.5 Å². The van der Waals surface area contributed by atoms with Crippen molar-refractivity contribution in [2.75, 3.05) is 13.2 Å². The van der Waals surface area contributed by atoms with Gasteiger partial charge in [-0.2, -0.15) is 0 Å². The molecule has 0 spiro atoms. The molecule has 2 aromatic rings. The lowest BCUT2D eigenvalue weighted by molar-refractivity contribution is 0.0944. The number of carbonyl (C=O) groups is 1. The van der Waals surface area contributed by atoms with E-state index in [0.29, 0.717) is 24.8 Å². The summed E-state index contributed by atoms with van der Waals surface area (Å²) in [7, 11) is 0. The second-order valence-electron chi connectivity index (χ2n) is 5.91. The summed E-state index contributed by atoms with van der Waals surface area (Å²) in [5.74, 6) is 1.29. The van der Waals surface area contributed by atoms with Crippen LogP contribution in [0, 0.1) is 5.92 Å². The van der Waals surface area contributed by atoms with Crippen LogP contribution in [0.1, 0.15) is 44.6 Å². The smallest absolute Gasteiger partial charge is 0.267 e. The molecule has 1 aromatic carbocycles. The Morgan fingerprint density at radius 1 is 1.32 bits per heavy atom. The molecule has 4 nitrogen and oxygen atoms in total. The van der Waals surface area contributed by atoms with Gasteiger partial charge < -0.3 is 14.6 Å². The highest BCUT2D eigenvalue weighted by Crippen LogP contribution is 2.29. The Bertz CT molecular complexity index is 644. The van der Waals surface area contributed by atoms with Gasteiger partial charge in [-0.25, -0.2) is 0 Å². The summed E-state index contributed by atoms with van der Waals surface area (Å²) in [6.07, 6.45) is 0.931. The Morgan fingerprint density at radius 3 is 2.73 bits per heavy atom. The van der Waals surface area contributed by atoms with Crippen LogP contribution < -0.4 is 10.1 Å². The summed E-state index contributed by atoms with van der Waals surface area (Å²) in [6, 6.07) is 7.95. The van der Waals surface area contributed by atoms with Gasteiger partial charge >= 0.3 is 0 Å². The summed E-state index contributed by atoms with van der Waals surface area (Å²) in [6.45, 7) is 10.5. The van der Waals surface area contributed by atoms with Crippen molar-refractivity contribution in [2.24, 2.45) is 5.92 Å². The minimum atomic E-state index is -0.0128. The highest BCUT2D eigenvalue weighted by molar-refractivity contribution is 6.00. The van der Waals surface area contributed by atoms with Crippen LogP contribution in [-0.2, 0) is 6.54 Å². The molecule has 0 radical (unpaired) electrons. The molecular weight excluding hydrogens is 276 g/mol. The molecule has 1 aromatic heterocycles. The second-order valence-corrected chi connectivity index (χ2v) is 5.91. The van der Waals surface area contributed by atoms with Crippen molar-refractivity contribution in [1.29, 1.82) is 0 Å². The van der Waals surface area contributed by atoms with Crippen LogP contribution in [0.5, 0.6) is 5.75 Å². The third kappa shape index (κ3) is 3.43. The molecular formula is C18H26N2O2. The quantitative estimate of drug-likeness (QED) is 0.844. The van der Waals surface area contributed by atoms with Gasteiger partial charge in [0.25, 0.3) is 5.91 Å². The number of hydrogen-bond donors (Lipinski definition) is 1. The third-order valence-electron chi connectivity index (χ3n) is 3.52. The molecule has 4 heteroatoms. The number of nitrogens with zero attached hydrogens (tertiary/aromatic N) is 1. The number of ether oxygens (including phenoxy) is 1. The average molecular weight is 302 g/mol. The Labute approximate surface area is 132 Å². The molecule has 0 atom stereocenters. The number of aromatic nitrogens is 1. The lowest BCUT2D eigenvalue weighted by atomic mass is 10.2. The zero-order valence-electron chi connectivity index (χ0n) is 14.0. The highest BCUT2D eigenvalue weighted by atomic mass is 16.5. The zero-order chi connectivity index (χ0) is 16.1. The second kappa shape index (κ2) is 7.34.